The molecule has 164 valence electrons. The lowest BCUT2D eigenvalue weighted by molar-refractivity contribution is 0.394. The highest BCUT2D eigenvalue weighted by molar-refractivity contribution is 7.98. The van der Waals surface area contributed by atoms with E-state index in [2.05, 4.69) is 22.4 Å². The maximum Gasteiger partial charge on any atom is 0.199 e. The summed E-state index contributed by atoms with van der Waals surface area (Å²) in [6, 6.07) is 12.2. The molecule has 2 atom stereocenters. The van der Waals surface area contributed by atoms with Gasteiger partial charge in [0.25, 0.3) is 0 Å². The number of benzene rings is 2. The molecule has 0 saturated carbocycles. The highest BCUT2D eigenvalue weighted by atomic mass is 32.2. The van der Waals surface area contributed by atoms with Crippen molar-refractivity contribution in [2.75, 3.05) is 6.54 Å². The number of halogens is 2. The summed E-state index contributed by atoms with van der Waals surface area (Å²) in [5.41, 5.74) is 0.637. The highest BCUT2D eigenvalue weighted by Crippen LogP contribution is 2.30. The van der Waals surface area contributed by atoms with E-state index in [0.717, 1.165) is 6.07 Å². The van der Waals surface area contributed by atoms with Gasteiger partial charge in [-0.15, -0.1) is 0 Å². The van der Waals surface area contributed by atoms with Crippen molar-refractivity contribution in [3.63, 3.8) is 0 Å². The van der Waals surface area contributed by atoms with Crippen LogP contribution >= 0.6 is 0 Å². The molecule has 0 spiro atoms. The summed E-state index contributed by atoms with van der Waals surface area (Å²) in [5.74, 6) is 2.90. The van der Waals surface area contributed by atoms with Gasteiger partial charge in [-0.3, -0.25) is 4.31 Å². The third-order valence-electron chi connectivity index (χ3n) is 5.16. The van der Waals surface area contributed by atoms with Crippen LogP contribution in [-0.4, -0.2) is 32.1 Å². The molecule has 1 aromatic heterocycles. The number of hydrogen-bond donors (Lipinski definition) is 0. The Morgan fingerprint density at radius 2 is 1.94 bits per heavy atom. The monoisotopic (exact) mass is 453 g/mol. The van der Waals surface area contributed by atoms with E-state index in [0.29, 0.717) is 22.8 Å². The lowest BCUT2D eigenvalue weighted by Crippen LogP contribution is -2.33. The van der Waals surface area contributed by atoms with Gasteiger partial charge in [0.2, 0.25) is 0 Å². The van der Waals surface area contributed by atoms with Crippen molar-refractivity contribution >= 4 is 27.4 Å². The molecule has 0 bridgehead atoms. The molecule has 3 aromatic rings. The van der Waals surface area contributed by atoms with E-state index in [1.807, 2.05) is 6.07 Å². The molecule has 0 saturated heterocycles. The van der Waals surface area contributed by atoms with E-state index >= 15 is 0 Å². The van der Waals surface area contributed by atoms with Crippen LogP contribution in [0.15, 0.2) is 93.8 Å². The quantitative estimate of drug-likeness (QED) is 0.519. The van der Waals surface area contributed by atoms with Crippen LogP contribution in [0, 0.1) is 11.6 Å². The molecule has 1 aliphatic heterocycles. The molecule has 0 N–H and O–H groups in total. The number of aliphatic imine (C=N–C) groups is 1. The number of hydrogen-bond acceptors (Lipinski definition) is 4. The molecule has 2 aromatic carbocycles. The molecule has 0 fully saturated rings. The molecule has 1 aliphatic rings. The van der Waals surface area contributed by atoms with Crippen molar-refractivity contribution in [1.82, 2.24) is 9.29 Å². The molecule has 2 unspecified atom stereocenters. The van der Waals surface area contributed by atoms with E-state index in [1.165, 1.54) is 35.1 Å². The average Bonchev–Trinajstić information content (AvgIpc) is 3.32. The van der Waals surface area contributed by atoms with Crippen molar-refractivity contribution in [3.05, 3.63) is 103 Å². The maximum atomic E-state index is 14.5. The first-order valence-corrected chi connectivity index (χ1v) is 11.5. The van der Waals surface area contributed by atoms with Gasteiger partial charge < -0.3 is 4.42 Å². The highest BCUT2D eigenvalue weighted by Gasteiger charge is 2.27. The van der Waals surface area contributed by atoms with Crippen LogP contribution in [0.1, 0.15) is 23.8 Å². The zero-order valence-corrected chi connectivity index (χ0v) is 18.0. The van der Waals surface area contributed by atoms with Gasteiger partial charge in [0.05, 0.1) is 21.8 Å². The van der Waals surface area contributed by atoms with E-state index < -0.39 is 21.3 Å². The number of nitrogens with zero attached hydrogens (tertiary/aromatic N) is 3. The van der Waals surface area contributed by atoms with Gasteiger partial charge in [-0.05, 0) is 42.1 Å². The van der Waals surface area contributed by atoms with Crippen molar-refractivity contribution in [1.29, 1.82) is 0 Å². The predicted octanol–water partition coefficient (Wildman–Crippen LogP) is 5.06. The van der Waals surface area contributed by atoms with Crippen molar-refractivity contribution in [2.45, 2.75) is 17.2 Å². The second-order valence-corrected chi connectivity index (χ2v) is 9.47. The fourth-order valence-electron chi connectivity index (χ4n) is 3.48. The van der Waals surface area contributed by atoms with Gasteiger partial charge in [0, 0.05) is 29.3 Å². The van der Waals surface area contributed by atoms with Gasteiger partial charge in [-0.25, -0.2) is 23.0 Å². The van der Waals surface area contributed by atoms with Gasteiger partial charge in [-0.2, -0.15) is 0 Å². The summed E-state index contributed by atoms with van der Waals surface area (Å²) in [7, 11) is -2.98. The first-order valence-electron chi connectivity index (χ1n) is 9.84. The van der Waals surface area contributed by atoms with Gasteiger partial charge in [0.1, 0.15) is 23.7 Å². The Hall–Kier alpha value is -3.52. The topological polar surface area (TPSA) is 58.7 Å². The van der Waals surface area contributed by atoms with Gasteiger partial charge in [-0.1, -0.05) is 30.9 Å². The Kier molecular flexibility index (Phi) is 6.05. The van der Waals surface area contributed by atoms with Crippen LogP contribution in [0.5, 0.6) is 0 Å². The third-order valence-corrected chi connectivity index (χ3v) is 7.24. The largest absolute Gasteiger partial charge is 0.449 e. The minimum Gasteiger partial charge on any atom is -0.449 e. The molecule has 8 heteroatoms. The van der Waals surface area contributed by atoms with E-state index in [-0.39, 0.29) is 23.8 Å². The number of rotatable bonds is 4. The molecule has 32 heavy (non-hydrogen) atoms. The third kappa shape index (κ3) is 4.40. The van der Waals surface area contributed by atoms with Crippen LogP contribution in [-0.2, 0) is 9.71 Å². The Bertz CT molecular complexity index is 1280. The summed E-state index contributed by atoms with van der Waals surface area (Å²) in [6.07, 6.45) is 6.58. The summed E-state index contributed by atoms with van der Waals surface area (Å²) in [6.45, 7) is 4.20. The smallest absolute Gasteiger partial charge is 0.199 e. The minimum absolute atomic E-state index is 0.195. The minimum atomic E-state index is -2.98. The molecule has 4 rings (SSSR count). The standard InChI is InChI=1S/C24H21F2N3O2S/c1-17-28-15-18(22-11-10-20(25)14-23(22)26)8-9-19(24-27-12-13-31-24)16-29(17)32(2,30)21-6-4-3-5-7-21/h3-8,10-15,19H,1-2,9,16H2/b18-8+,28-15-. The maximum absolute atomic E-state index is 14.5. The summed E-state index contributed by atoms with van der Waals surface area (Å²) in [5, 5.41) is 0. The van der Waals surface area contributed by atoms with Crippen LogP contribution in [0.2, 0.25) is 0 Å². The SMILES string of the molecule is C=C1/N=C\C(c2ccc(F)cc2F)=C/CC(c2ncco2)CN1S(=C)(=O)c1ccccc1. The Labute approximate surface area is 185 Å². The number of oxazole rings is 1. The van der Waals surface area contributed by atoms with E-state index in [9.17, 15) is 13.0 Å². The summed E-state index contributed by atoms with van der Waals surface area (Å²) in [4.78, 5) is 9.14. The van der Waals surface area contributed by atoms with Crippen LogP contribution in [0.3, 0.4) is 0 Å². The Balaban J connectivity index is 1.79. The van der Waals surface area contributed by atoms with Crippen molar-refractivity contribution < 1.29 is 17.4 Å². The number of allylic oxidation sites excluding steroid dienone is 2. The van der Waals surface area contributed by atoms with Gasteiger partial charge in [0.15, 0.2) is 5.89 Å². The number of aromatic nitrogens is 1. The summed E-state index contributed by atoms with van der Waals surface area (Å²) >= 11 is 0. The van der Waals surface area contributed by atoms with Gasteiger partial charge >= 0.3 is 0 Å². The van der Waals surface area contributed by atoms with E-state index in [1.54, 1.807) is 30.3 Å². The predicted molar refractivity (Wildman–Crippen MR) is 123 cm³/mol. The zero-order valence-electron chi connectivity index (χ0n) is 17.2. The molecule has 0 amide bonds. The fraction of sp³-hybridized carbons (Fsp3) is 0.125. The summed E-state index contributed by atoms with van der Waals surface area (Å²) < 4.78 is 48.7. The molecular formula is C24H21F2N3O2S. The van der Waals surface area contributed by atoms with Crippen LogP contribution < -0.4 is 0 Å². The first-order chi connectivity index (χ1) is 15.4. The van der Waals surface area contributed by atoms with Crippen molar-refractivity contribution in [3.8, 4) is 0 Å². The normalized spacial score (nSPS) is 21.6. The first kappa shape index (κ1) is 21.7. The average molecular weight is 454 g/mol. The van der Waals surface area contributed by atoms with Crippen LogP contribution in [0.25, 0.3) is 5.57 Å². The zero-order chi connectivity index (χ0) is 22.7. The lowest BCUT2D eigenvalue weighted by atomic mass is 9.99. The van der Waals surface area contributed by atoms with E-state index in [4.69, 9.17) is 4.42 Å². The lowest BCUT2D eigenvalue weighted by Gasteiger charge is -2.30. The molecule has 2 heterocycles. The fourth-order valence-corrected chi connectivity index (χ4v) is 5.12. The Morgan fingerprint density at radius 3 is 2.62 bits per heavy atom. The van der Waals surface area contributed by atoms with Crippen molar-refractivity contribution in [2.24, 2.45) is 4.99 Å². The molecular weight excluding hydrogens is 432 g/mol. The Morgan fingerprint density at radius 1 is 1.16 bits per heavy atom. The molecule has 5 nitrogen and oxygen atoms in total. The molecule has 0 aliphatic carbocycles. The second-order valence-electron chi connectivity index (χ2n) is 7.28. The van der Waals surface area contributed by atoms with Crippen LogP contribution in [0.4, 0.5) is 8.78 Å². The second kappa shape index (κ2) is 8.92. The molecule has 0 radical (unpaired) electrons.